The molecule has 0 saturated heterocycles. The maximum atomic E-state index is 5.59. The van der Waals surface area contributed by atoms with Crippen LogP contribution in [0, 0.1) is 5.92 Å². The molecule has 4 heteroatoms. The van der Waals surface area contributed by atoms with Crippen LogP contribution in [-0.4, -0.2) is 9.78 Å². The summed E-state index contributed by atoms with van der Waals surface area (Å²) in [5, 5.41) is 4.10. The zero-order valence-corrected chi connectivity index (χ0v) is 8.30. The lowest BCUT2D eigenvalue weighted by atomic mass is 10.2. The molecule has 0 spiro atoms. The van der Waals surface area contributed by atoms with E-state index in [0.29, 0.717) is 11.6 Å². The second kappa shape index (κ2) is 3.26. The van der Waals surface area contributed by atoms with Crippen molar-refractivity contribution in [3.63, 3.8) is 0 Å². The number of aromatic nitrogens is 2. The highest BCUT2D eigenvalue weighted by Gasteiger charge is 2.04. The molecule has 0 amide bonds. The molecule has 0 radical (unpaired) electrons. The van der Waals surface area contributed by atoms with Crippen molar-refractivity contribution in [2.45, 2.75) is 20.4 Å². The summed E-state index contributed by atoms with van der Waals surface area (Å²) in [6.07, 6.45) is 1.66. The molecule has 2 N–H and O–H groups in total. The number of hydrogen-bond donors (Lipinski definition) is 1. The van der Waals surface area contributed by atoms with E-state index in [2.05, 4.69) is 34.9 Å². The van der Waals surface area contributed by atoms with Crippen molar-refractivity contribution in [2.24, 2.45) is 5.92 Å². The Morgan fingerprint density at radius 3 is 2.73 bits per heavy atom. The molecule has 1 rings (SSSR count). The second-order valence-electron chi connectivity index (χ2n) is 2.97. The van der Waals surface area contributed by atoms with Crippen molar-refractivity contribution >= 4 is 21.6 Å². The van der Waals surface area contributed by atoms with Gasteiger partial charge in [0, 0.05) is 6.54 Å². The van der Waals surface area contributed by atoms with Crippen molar-refractivity contribution in [1.82, 2.24) is 9.78 Å². The number of hydrogen-bond acceptors (Lipinski definition) is 2. The summed E-state index contributed by atoms with van der Waals surface area (Å²) in [7, 11) is 0. The van der Waals surface area contributed by atoms with Gasteiger partial charge < -0.3 is 5.73 Å². The number of halogens is 1. The standard InChI is InChI=1S/C7H12BrN3/c1-5(2)4-11-7(8)6(9)3-10-11/h3,5H,4,9H2,1-2H3. The fourth-order valence-corrected chi connectivity index (χ4v) is 1.20. The molecule has 0 saturated carbocycles. The van der Waals surface area contributed by atoms with E-state index < -0.39 is 0 Å². The molecule has 62 valence electrons. The van der Waals surface area contributed by atoms with E-state index in [1.165, 1.54) is 0 Å². The quantitative estimate of drug-likeness (QED) is 0.823. The molecule has 1 heterocycles. The van der Waals surface area contributed by atoms with E-state index in [4.69, 9.17) is 5.73 Å². The first-order valence-corrected chi connectivity index (χ1v) is 4.37. The molecule has 3 nitrogen and oxygen atoms in total. The highest BCUT2D eigenvalue weighted by Crippen LogP contribution is 2.18. The van der Waals surface area contributed by atoms with Gasteiger partial charge in [-0.25, -0.2) is 0 Å². The smallest absolute Gasteiger partial charge is 0.127 e. The highest BCUT2D eigenvalue weighted by atomic mass is 79.9. The lowest BCUT2D eigenvalue weighted by Crippen LogP contribution is -2.06. The Kier molecular flexibility index (Phi) is 2.54. The van der Waals surface area contributed by atoms with Crippen LogP contribution < -0.4 is 5.73 Å². The summed E-state index contributed by atoms with van der Waals surface area (Å²) < 4.78 is 2.74. The van der Waals surface area contributed by atoms with Crippen molar-refractivity contribution < 1.29 is 0 Å². The summed E-state index contributed by atoms with van der Waals surface area (Å²) >= 11 is 3.35. The lowest BCUT2D eigenvalue weighted by Gasteiger charge is -2.05. The average molecular weight is 218 g/mol. The van der Waals surface area contributed by atoms with Crippen LogP contribution in [0.1, 0.15) is 13.8 Å². The Balaban J connectivity index is 2.79. The molecular weight excluding hydrogens is 206 g/mol. The molecule has 0 atom stereocenters. The molecule has 0 bridgehead atoms. The Morgan fingerprint density at radius 1 is 1.73 bits per heavy atom. The van der Waals surface area contributed by atoms with Gasteiger partial charge in [-0.2, -0.15) is 5.10 Å². The second-order valence-corrected chi connectivity index (χ2v) is 3.72. The third-order valence-corrected chi connectivity index (χ3v) is 2.21. The lowest BCUT2D eigenvalue weighted by molar-refractivity contribution is 0.476. The summed E-state index contributed by atoms with van der Waals surface area (Å²) in [4.78, 5) is 0. The Labute approximate surface area is 74.7 Å². The number of nitrogens with zero attached hydrogens (tertiary/aromatic N) is 2. The SMILES string of the molecule is CC(C)Cn1ncc(N)c1Br. The minimum absolute atomic E-state index is 0.589. The van der Waals surface area contributed by atoms with Crippen LogP contribution in [0.2, 0.25) is 0 Å². The van der Waals surface area contributed by atoms with E-state index in [-0.39, 0.29) is 0 Å². The molecule has 0 aliphatic rings. The molecule has 0 unspecified atom stereocenters. The third kappa shape index (κ3) is 1.96. The summed E-state index contributed by atoms with van der Waals surface area (Å²) in [5.74, 6) is 0.589. The van der Waals surface area contributed by atoms with Crippen LogP contribution in [0.15, 0.2) is 10.8 Å². The Bertz CT molecular complexity index is 242. The van der Waals surface area contributed by atoms with Gasteiger partial charge in [-0.15, -0.1) is 0 Å². The van der Waals surface area contributed by atoms with E-state index in [1.54, 1.807) is 6.20 Å². The van der Waals surface area contributed by atoms with Crippen LogP contribution >= 0.6 is 15.9 Å². The van der Waals surface area contributed by atoms with Gasteiger partial charge in [0.15, 0.2) is 0 Å². The molecule has 0 aliphatic heterocycles. The average Bonchev–Trinajstić information content (AvgIpc) is 2.18. The fourth-order valence-electron chi connectivity index (χ4n) is 0.858. The minimum atomic E-state index is 0.589. The van der Waals surface area contributed by atoms with Crippen molar-refractivity contribution in [3.8, 4) is 0 Å². The van der Waals surface area contributed by atoms with Gasteiger partial charge in [-0.1, -0.05) is 13.8 Å². The molecule has 1 aromatic heterocycles. The predicted molar refractivity (Wildman–Crippen MR) is 49.2 cm³/mol. The van der Waals surface area contributed by atoms with Gasteiger partial charge in [-0.3, -0.25) is 4.68 Å². The maximum Gasteiger partial charge on any atom is 0.127 e. The molecule has 0 aliphatic carbocycles. The van der Waals surface area contributed by atoms with E-state index >= 15 is 0 Å². The number of nitrogens with two attached hydrogens (primary N) is 1. The molecule has 0 fully saturated rings. The number of rotatable bonds is 2. The normalized spacial score (nSPS) is 10.9. The summed E-state index contributed by atoms with van der Waals surface area (Å²) in [6.45, 7) is 5.19. The first kappa shape index (κ1) is 8.59. The summed E-state index contributed by atoms with van der Waals surface area (Å²) in [6, 6.07) is 0. The van der Waals surface area contributed by atoms with Crippen molar-refractivity contribution in [1.29, 1.82) is 0 Å². The minimum Gasteiger partial charge on any atom is -0.395 e. The zero-order valence-electron chi connectivity index (χ0n) is 6.71. The van der Waals surface area contributed by atoms with Crippen molar-refractivity contribution in [2.75, 3.05) is 5.73 Å². The number of nitrogen functional groups attached to an aromatic ring is 1. The van der Waals surface area contributed by atoms with E-state index in [9.17, 15) is 0 Å². The monoisotopic (exact) mass is 217 g/mol. The van der Waals surface area contributed by atoms with Gasteiger partial charge in [0.25, 0.3) is 0 Å². The first-order valence-electron chi connectivity index (χ1n) is 3.58. The zero-order chi connectivity index (χ0) is 8.43. The highest BCUT2D eigenvalue weighted by molar-refractivity contribution is 9.10. The van der Waals surface area contributed by atoms with E-state index in [1.807, 2.05) is 4.68 Å². The Hall–Kier alpha value is -0.510. The van der Waals surface area contributed by atoms with Crippen molar-refractivity contribution in [3.05, 3.63) is 10.8 Å². The van der Waals surface area contributed by atoms with E-state index in [0.717, 1.165) is 11.1 Å². The van der Waals surface area contributed by atoms with Crippen LogP contribution in [0.3, 0.4) is 0 Å². The predicted octanol–water partition coefficient (Wildman–Crippen LogP) is 1.88. The van der Waals surface area contributed by atoms with Gasteiger partial charge in [-0.05, 0) is 21.8 Å². The molecule has 11 heavy (non-hydrogen) atoms. The summed E-state index contributed by atoms with van der Waals surface area (Å²) in [5.41, 5.74) is 6.29. The molecule has 1 aromatic rings. The largest absolute Gasteiger partial charge is 0.395 e. The van der Waals surface area contributed by atoms with Crippen LogP contribution in [-0.2, 0) is 6.54 Å². The number of anilines is 1. The topological polar surface area (TPSA) is 43.8 Å². The van der Waals surface area contributed by atoms with Crippen LogP contribution in [0.5, 0.6) is 0 Å². The van der Waals surface area contributed by atoms with Gasteiger partial charge >= 0.3 is 0 Å². The third-order valence-electron chi connectivity index (χ3n) is 1.34. The maximum absolute atomic E-state index is 5.59. The van der Waals surface area contributed by atoms with Gasteiger partial charge in [0.2, 0.25) is 0 Å². The molecule has 0 aromatic carbocycles. The van der Waals surface area contributed by atoms with Crippen LogP contribution in [0.25, 0.3) is 0 Å². The fraction of sp³-hybridized carbons (Fsp3) is 0.571. The van der Waals surface area contributed by atoms with Gasteiger partial charge in [0.05, 0.1) is 11.9 Å². The molecular formula is C7H12BrN3. The Morgan fingerprint density at radius 2 is 2.36 bits per heavy atom. The van der Waals surface area contributed by atoms with Gasteiger partial charge in [0.1, 0.15) is 4.60 Å². The first-order chi connectivity index (χ1) is 5.11. The van der Waals surface area contributed by atoms with Crippen LogP contribution in [0.4, 0.5) is 5.69 Å².